The van der Waals surface area contributed by atoms with E-state index in [1.165, 1.54) is 12.1 Å². The van der Waals surface area contributed by atoms with E-state index in [1.807, 2.05) is 13.0 Å². The third-order valence-electron chi connectivity index (χ3n) is 4.12. The van der Waals surface area contributed by atoms with Gasteiger partial charge in [0.05, 0.1) is 17.7 Å². The Bertz CT molecular complexity index is 1050. The van der Waals surface area contributed by atoms with Crippen molar-refractivity contribution in [2.45, 2.75) is 25.7 Å². The van der Waals surface area contributed by atoms with Gasteiger partial charge >= 0.3 is 0 Å². The number of rotatable bonds is 2. The first-order valence-electron chi connectivity index (χ1n) is 8.44. The van der Waals surface area contributed by atoms with Crippen LogP contribution in [0.2, 0.25) is 5.02 Å². The topological polar surface area (TPSA) is 142 Å². The van der Waals surface area contributed by atoms with Crippen LogP contribution in [0.5, 0.6) is 0 Å². The lowest BCUT2D eigenvalue weighted by molar-refractivity contribution is 0.490. The molecule has 1 unspecified atom stereocenters. The molecule has 0 saturated heterocycles. The molecule has 1 atom stereocenters. The number of hydrogen-bond acceptors (Lipinski definition) is 5. The summed E-state index contributed by atoms with van der Waals surface area (Å²) in [6.45, 7) is 1.99. The molecule has 0 spiro atoms. The summed E-state index contributed by atoms with van der Waals surface area (Å²) in [5.74, 6) is -0.600. The molecule has 0 saturated carbocycles. The van der Waals surface area contributed by atoms with E-state index in [-0.39, 0.29) is 17.7 Å². The summed E-state index contributed by atoms with van der Waals surface area (Å²) in [5.41, 5.74) is 12.2. The Morgan fingerprint density at radius 3 is 2.69 bits per heavy atom. The molecule has 0 bridgehead atoms. The molecule has 156 valence electrons. The van der Waals surface area contributed by atoms with Gasteiger partial charge in [0.15, 0.2) is 0 Å². The Morgan fingerprint density at radius 2 is 2.07 bits per heavy atom. The average molecular weight is 442 g/mol. The summed E-state index contributed by atoms with van der Waals surface area (Å²) in [4.78, 5) is 4.45. The molecule has 1 aromatic heterocycles. The van der Waals surface area contributed by atoms with Crippen LogP contribution in [0.1, 0.15) is 34.7 Å². The molecule has 2 aromatic rings. The van der Waals surface area contributed by atoms with Gasteiger partial charge in [-0.25, -0.2) is 9.82 Å². The fraction of sp³-hybridized carbons (Fsp3) is 0.278. The van der Waals surface area contributed by atoms with E-state index in [9.17, 15) is 12.8 Å². The quantitative estimate of drug-likeness (QED) is 0.244. The largest absolute Gasteiger partial charge is 0.369 e. The van der Waals surface area contributed by atoms with E-state index in [4.69, 9.17) is 27.3 Å². The minimum Gasteiger partial charge on any atom is -0.369 e. The first-order valence-corrected chi connectivity index (χ1v) is 10.7. The van der Waals surface area contributed by atoms with Crippen LogP contribution in [-0.4, -0.2) is 35.9 Å². The van der Waals surface area contributed by atoms with Crippen LogP contribution in [-0.2, 0) is 16.5 Å². The van der Waals surface area contributed by atoms with E-state index in [2.05, 4.69) is 15.5 Å². The number of aromatic nitrogens is 1. The molecule has 1 aliphatic rings. The van der Waals surface area contributed by atoms with Gasteiger partial charge in [0, 0.05) is 16.8 Å². The minimum atomic E-state index is -3.67. The van der Waals surface area contributed by atoms with Crippen molar-refractivity contribution in [1.82, 2.24) is 10.4 Å². The van der Waals surface area contributed by atoms with Gasteiger partial charge in [0.2, 0.25) is 5.96 Å². The first-order chi connectivity index (χ1) is 13.5. The molecule has 1 aromatic carbocycles. The Kier molecular flexibility index (Phi) is 7.28. The van der Waals surface area contributed by atoms with Crippen LogP contribution in [0.25, 0.3) is 0 Å². The average Bonchev–Trinajstić information content (AvgIpc) is 2.60. The van der Waals surface area contributed by atoms with Gasteiger partial charge < -0.3 is 5.73 Å². The monoisotopic (exact) mass is 441 g/mol. The maximum Gasteiger partial charge on any atom is 0.261 e. The molecule has 0 fully saturated rings. The molecule has 29 heavy (non-hydrogen) atoms. The third kappa shape index (κ3) is 6.77. The van der Waals surface area contributed by atoms with Crippen molar-refractivity contribution in [2.75, 3.05) is 6.26 Å². The predicted octanol–water partition coefficient (Wildman–Crippen LogP) is 2.60. The van der Waals surface area contributed by atoms with Gasteiger partial charge in [0.1, 0.15) is 5.82 Å². The molecule has 0 radical (unpaired) electrons. The van der Waals surface area contributed by atoms with Crippen LogP contribution < -0.4 is 11.2 Å². The number of hydrogen-bond donors (Lipinski definition) is 4. The van der Waals surface area contributed by atoms with Gasteiger partial charge in [-0.3, -0.25) is 14.9 Å². The van der Waals surface area contributed by atoms with Gasteiger partial charge in [-0.2, -0.15) is 13.5 Å². The highest BCUT2D eigenvalue weighted by Gasteiger charge is 2.28. The number of pyridine rings is 1. The predicted molar refractivity (Wildman–Crippen MR) is 111 cm³/mol. The summed E-state index contributed by atoms with van der Waals surface area (Å²) >= 11 is 6.27. The van der Waals surface area contributed by atoms with E-state index < -0.39 is 10.1 Å². The number of hydrazone groups is 1. The number of fused-ring (bicyclic) bond motifs is 1. The summed E-state index contributed by atoms with van der Waals surface area (Å²) in [6.07, 6.45) is 3.68. The zero-order chi connectivity index (χ0) is 21.8. The molecule has 1 heterocycles. The fourth-order valence-electron chi connectivity index (χ4n) is 3.08. The maximum absolute atomic E-state index is 13.7. The fourth-order valence-corrected chi connectivity index (χ4v) is 3.35. The highest BCUT2D eigenvalue weighted by molar-refractivity contribution is 7.85. The number of halogens is 2. The Hall–Kier alpha value is -2.56. The molecule has 3 rings (SSSR count). The molecular weight excluding hydrogens is 421 g/mol. The van der Waals surface area contributed by atoms with E-state index >= 15 is 0 Å². The number of nitrogens with zero attached hydrogens (tertiary/aromatic N) is 2. The summed E-state index contributed by atoms with van der Waals surface area (Å²) in [7, 11) is -3.67. The zero-order valence-corrected chi connectivity index (χ0v) is 17.4. The molecule has 1 aliphatic carbocycles. The maximum atomic E-state index is 13.7. The van der Waals surface area contributed by atoms with Crippen molar-refractivity contribution < 1.29 is 17.4 Å². The Labute approximate surface area is 173 Å². The molecule has 5 N–H and O–H groups in total. The van der Waals surface area contributed by atoms with Crippen LogP contribution in [0.3, 0.4) is 0 Å². The van der Waals surface area contributed by atoms with Crippen molar-refractivity contribution in [3.8, 4) is 0 Å². The van der Waals surface area contributed by atoms with Crippen molar-refractivity contribution in [3.05, 3.63) is 63.7 Å². The highest BCUT2D eigenvalue weighted by atomic mass is 35.5. The second-order valence-corrected chi connectivity index (χ2v) is 8.41. The van der Waals surface area contributed by atoms with E-state index in [0.717, 1.165) is 28.1 Å². The third-order valence-corrected chi connectivity index (χ3v) is 4.46. The lowest BCUT2D eigenvalue weighted by Gasteiger charge is -2.27. The summed E-state index contributed by atoms with van der Waals surface area (Å²) in [5, 5.41) is 12.1. The number of benzene rings is 1. The number of aryl methyl sites for hydroxylation is 1. The van der Waals surface area contributed by atoms with Crippen LogP contribution >= 0.6 is 11.6 Å². The van der Waals surface area contributed by atoms with Crippen LogP contribution in [0.4, 0.5) is 4.39 Å². The van der Waals surface area contributed by atoms with E-state index in [1.54, 1.807) is 12.3 Å². The van der Waals surface area contributed by atoms with Gasteiger partial charge in [-0.1, -0.05) is 11.6 Å². The molecule has 0 aliphatic heterocycles. The Balaban J connectivity index is 0.000000537. The van der Waals surface area contributed by atoms with Crippen molar-refractivity contribution in [3.63, 3.8) is 0 Å². The Morgan fingerprint density at radius 1 is 1.41 bits per heavy atom. The lowest BCUT2D eigenvalue weighted by atomic mass is 9.80. The van der Waals surface area contributed by atoms with Crippen molar-refractivity contribution in [2.24, 2.45) is 10.8 Å². The number of nitrogens with one attached hydrogen (secondary N) is 2. The van der Waals surface area contributed by atoms with Crippen LogP contribution in [0.15, 0.2) is 35.6 Å². The second-order valence-electron chi connectivity index (χ2n) is 6.54. The summed E-state index contributed by atoms with van der Waals surface area (Å²) in [6, 6.07) is 6.29. The van der Waals surface area contributed by atoms with Gasteiger partial charge in [-0.05, 0) is 61.1 Å². The minimum absolute atomic E-state index is 0.0393. The summed E-state index contributed by atoms with van der Waals surface area (Å²) < 4.78 is 39.5. The standard InChI is InChI=1S/C17H17ClFN5.CH4O3S/c1-9-4-5-22-14-6-10(12-8-11(19)2-3-13(12)18)7-15(16(9)14)23-24-17(20)21;1-5(2,3)4/h2-5,8,10H,6-7H2,1H3,(H4,20,21,24);1H3,(H,2,3,4). The molecule has 11 heteroatoms. The second kappa shape index (κ2) is 9.29. The van der Waals surface area contributed by atoms with E-state index in [0.29, 0.717) is 24.1 Å². The smallest absolute Gasteiger partial charge is 0.261 e. The first kappa shape index (κ1) is 22.7. The molecule has 0 amide bonds. The van der Waals surface area contributed by atoms with Crippen molar-refractivity contribution in [1.29, 1.82) is 5.41 Å². The van der Waals surface area contributed by atoms with Crippen molar-refractivity contribution >= 4 is 33.4 Å². The highest BCUT2D eigenvalue weighted by Crippen LogP contribution is 2.36. The van der Waals surface area contributed by atoms with Crippen LogP contribution in [0, 0.1) is 18.2 Å². The molecular formula is C18H21ClFN5O3S. The SMILES string of the molecule is CS(=O)(=O)O.Cc1ccnc2c1C(=NNC(=N)N)CC(c1cc(F)ccc1Cl)C2. The van der Waals surface area contributed by atoms with Gasteiger partial charge in [0.25, 0.3) is 10.1 Å². The normalized spacial score (nSPS) is 17.1. The number of guanidine groups is 1. The van der Waals surface area contributed by atoms with Gasteiger partial charge in [-0.15, -0.1) is 0 Å². The number of nitrogens with two attached hydrogens (primary N) is 1. The zero-order valence-electron chi connectivity index (χ0n) is 15.8. The molecule has 8 nitrogen and oxygen atoms in total. The lowest BCUT2D eigenvalue weighted by Crippen LogP contribution is -2.29.